The van der Waals surface area contributed by atoms with Crippen LogP contribution in [0.5, 0.6) is 5.75 Å². The summed E-state index contributed by atoms with van der Waals surface area (Å²) in [6.07, 6.45) is 8.09. The Balaban J connectivity index is 0.000000188. The van der Waals surface area contributed by atoms with E-state index in [1.165, 1.54) is 25.7 Å². The highest BCUT2D eigenvalue weighted by Crippen LogP contribution is 2.54. The van der Waals surface area contributed by atoms with Gasteiger partial charge in [0.2, 0.25) is 0 Å². The Bertz CT molecular complexity index is 509. The van der Waals surface area contributed by atoms with Gasteiger partial charge >= 0.3 is 0 Å². The van der Waals surface area contributed by atoms with Crippen LogP contribution in [-0.2, 0) is 0 Å². The molecule has 0 radical (unpaired) electrons. The van der Waals surface area contributed by atoms with Gasteiger partial charge in [-0.25, -0.2) is 0 Å². The average molecular weight is 300 g/mol. The average Bonchev–Trinajstić information content (AvgIpc) is 2.50. The molecule has 1 N–H and O–H groups in total. The van der Waals surface area contributed by atoms with E-state index in [1.807, 2.05) is 25.1 Å². The van der Waals surface area contributed by atoms with Crippen molar-refractivity contribution in [3.63, 3.8) is 0 Å². The van der Waals surface area contributed by atoms with E-state index in [-0.39, 0.29) is 0 Å². The number of benzene rings is 1. The van der Waals surface area contributed by atoms with Crippen molar-refractivity contribution in [2.45, 2.75) is 60.3 Å². The van der Waals surface area contributed by atoms with Gasteiger partial charge in [0.25, 0.3) is 0 Å². The van der Waals surface area contributed by atoms with Crippen LogP contribution < -0.4 is 0 Å². The second-order valence-corrected chi connectivity index (χ2v) is 7.65. The second kappa shape index (κ2) is 6.89. The Labute approximate surface area is 136 Å². The summed E-state index contributed by atoms with van der Waals surface area (Å²) in [4.78, 5) is 0. The van der Waals surface area contributed by atoms with Crippen molar-refractivity contribution in [3.8, 4) is 5.75 Å². The number of phenols is 1. The van der Waals surface area contributed by atoms with Gasteiger partial charge in [-0.3, -0.25) is 0 Å². The summed E-state index contributed by atoms with van der Waals surface area (Å²) in [7, 11) is 0. The fraction of sp³-hybridized carbons (Fsp3) is 0.619. The summed E-state index contributed by atoms with van der Waals surface area (Å²) < 4.78 is 0. The Kier molecular flexibility index (Phi) is 5.36. The molecule has 2 aliphatic rings. The standard InChI is InChI=1S/C14H24.C7H8O/c1-10-8-9-14(4)11(2)6-5-7-13(14)12(10)3;1-6-4-2-3-5-7(6)8/h6,10,12-13H,5,7-9H2,1-4H3;2-5,8H,1H3/t10?,12-,13?,14+;/m0./s1. The number of allylic oxidation sites excluding steroid dienone is 2. The summed E-state index contributed by atoms with van der Waals surface area (Å²) in [6.45, 7) is 11.7. The van der Waals surface area contributed by atoms with Gasteiger partial charge in [-0.1, -0.05) is 50.6 Å². The van der Waals surface area contributed by atoms with Gasteiger partial charge < -0.3 is 5.11 Å². The molecule has 0 aliphatic heterocycles. The molecule has 0 heterocycles. The smallest absolute Gasteiger partial charge is 0.118 e. The van der Waals surface area contributed by atoms with Crippen LogP contribution in [0.3, 0.4) is 0 Å². The first-order chi connectivity index (χ1) is 10.4. The number of aryl methyl sites for hydroxylation is 1. The molecule has 0 bridgehead atoms. The minimum absolute atomic E-state index is 0.368. The van der Waals surface area contributed by atoms with Crippen LogP contribution in [0.25, 0.3) is 0 Å². The van der Waals surface area contributed by atoms with E-state index in [0.717, 1.165) is 23.3 Å². The third-order valence-corrected chi connectivity index (χ3v) is 6.41. The lowest BCUT2D eigenvalue weighted by Crippen LogP contribution is -2.41. The lowest BCUT2D eigenvalue weighted by Gasteiger charge is -2.51. The van der Waals surface area contributed by atoms with Gasteiger partial charge in [-0.05, 0) is 74.3 Å². The first-order valence-electron chi connectivity index (χ1n) is 8.78. The van der Waals surface area contributed by atoms with E-state index in [4.69, 9.17) is 5.11 Å². The lowest BCUT2D eigenvalue weighted by molar-refractivity contribution is 0.0459. The van der Waals surface area contributed by atoms with E-state index in [0.29, 0.717) is 11.2 Å². The van der Waals surface area contributed by atoms with E-state index in [1.54, 1.807) is 11.6 Å². The van der Waals surface area contributed by atoms with Crippen molar-refractivity contribution in [2.24, 2.45) is 23.2 Å². The maximum absolute atomic E-state index is 8.92. The second-order valence-electron chi connectivity index (χ2n) is 7.65. The maximum atomic E-state index is 8.92. The molecule has 1 fully saturated rings. The summed E-state index contributed by atoms with van der Waals surface area (Å²) in [5.74, 6) is 3.19. The Morgan fingerprint density at radius 1 is 1.09 bits per heavy atom. The van der Waals surface area contributed by atoms with Gasteiger partial charge in [-0.15, -0.1) is 0 Å². The largest absolute Gasteiger partial charge is 0.508 e. The minimum atomic E-state index is 0.368. The predicted molar refractivity (Wildman–Crippen MR) is 95.0 cm³/mol. The fourth-order valence-corrected chi connectivity index (χ4v) is 4.30. The Morgan fingerprint density at radius 2 is 1.77 bits per heavy atom. The zero-order chi connectivity index (χ0) is 16.3. The fourth-order valence-electron chi connectivity index (χ4n) is 4.30. The molecule has 0 aromatic heterocycles. The molecule has 2 aliphatic carbocycles. The number of para-hydroxylation sites is 1. The normalized spacial score (nSPS) is 34.0. The number of phenolic OH excluding ortho intramolecular Hbond substituents is 1. The number of fused-ring (bicyclic) bond motifs is 1. The van der Waals surface area contributed by atoms with Crippen LogP contribution in [0.2, 0.25) is 0 Å². The molecule has 3 rings (SSSR count). The molecule has 22 heavy (non-hydrogen) atoms. The lowest BCUT2D eigenvalue weighted by atomic mass is 9.54. The van der Waals surface area contributed by atoms with E-state index < -0.39 is 0 Å². The molecule has 1 aromatic carbocycles. The summed E-state index contributed by atoms with van der Waals surface area (Å²) in [5.41, 5.74) is 3.14. The summed E-state index contributed by atoms with van der Waals surface area (Å²) >= 11 is 0. The van der Waals surface area contributed by atoms with Crippen LogP contribution in [-0.4, -0.2) is 5.11 Å². The molecule has 4 atom stereocenters. The molecule has 1 saturated carbocycles. The molecular formula is C21H32O. The topological polar surface area (TPSA) is 20.2 Å². The molecular weight excluding hydrogens is 268 g/mol. The number of aromatic hydroxyl groups is 1. The maximum Gasteiger partial charge on any atom is 0.118 e. The number of hydrogen-bond acceptors (Lipinski definition) is 1. The summed E-state index contributed by atoms with van der Waals surface area (Å²) in [6, 6.07) is 7.25. The molecule has 0 spiro atoms. The molecule has 122 valence electrons. The van der Waals surface area contributed by atoms with Crippen molar-refractivity contribution in [1.82, 2.24) is 0 Å². The highest BCUT2D eigenvalue weighted by atomic mass is 16.3. The first-order valence-corrected chi connectivity index (χ1v) is 8.78. The van der Waals surface area contributed by atoms with Crippen LogP contribution in [0.1, 0.15) is 58.9 Å². The molecule has 0 saturated heterocycles. The molecule has 1 nitrogen and oxygen atoms in total. The number of hydrogen-bond donors (Lipinski definition) is 1. The van der Waals surface area contributed by atoms with Crippen molar-refractivity contribution < 1.29 is 5.11 Å². The van der Waals surface area contributed by atoms with Crippen molar-refractivity contribution in [1.29, 1.82) is 0 Å². The quantitative estimate of drug-likeness (QED) is 0.573. The third-order valence-electron chi connectivity index (χ3n) is 6.41. The van der Waals surface area contributed by atoms with E-state index in [2.05, 4.69) is 33.8 Å². The third kappa shape index (κ3) is 3.39. The van der Waals surface area contributed by atoms with Crippen molar-refractivity contribution in [3.05, 3.63) is 41.5 Å². The molecule has 1 aromatic rings. The minimum Gasteiger partial charge on any atom is -0.508 e. The zero-order valence-electron chi connectivity index (χ0n) is 14.9. The van der Waals surface area contributed by atoms with Crippen molar-refractivity contribution in [2.75, 3.05) is 0 Å². The van der Waals surface area contributed by atoms with E-state index in [9.17, 15) is 0 Å². The summed E-state index contributed by atoms with van der Waals surface area (Å²) in [5, 5.41) is 8.92. The van der Waals surface area contributed by atoms with Gasteiger partial charge in [0.1, 0.15) is 5.75 Å². The van der Waals surface area contributed by atoms with E-state index >= 15 is 0 Å². The monoisotopic (exact) mass is 300 g/mol. The van der Waals surface area contributed by atoms with Crippen molar-refractivity contribution >= 4 is 0 Å². The van der Waals surface area contributed by atoms with Gasteiger partial charge in [-0.2, -0.15) is 0 Å². The zero-order valence-corrected chi connectivity index (χ0v) is 14.9. The highest BCUT2D eigenvalue weighted by Gasteiger charge is 2.44. The SMILES string of the molecule is CC1=CCCC2[C@@H](C)C(C)CC[C@]12C.Cc1ccccc1O. The predicted octanol–water partition coefficient (Wildman–Crippen LogP) is 6.12. The van der Waals surface area contributed by atoms with Gasteiger partial charge in [0.05, 0.1) is 0 Å². The van der Waals surface area contributed by atoms with Crippen LogP contribution in [0.15, 0.2) is 35.9 Å². The van der Waals surface area contributed by atoms with Crippen LogP contribution >= 0.6 is 0 Å². The molecule has 1 heteroatoms. The molecule has 2 unspecified atom stereocenters. The van der Waals surface area contributed by atoms with Crippen LogP contribution in [0, 0.1) is 30.1 Å². The van der Waals surface area contributed by atoms with Gasteiger partial charge in [0, 0.05) is 0 Å². The Hall–Kier alpha value is -1.24. The molecule has 0 amide bonds. The first kappa shape index (κ1) is 17.1. The van der Waals surface area contributed by atoms with Crippen LogP contribution in [0.4, 0.5) is 0 Å². The Morgan fingerprint density at radius 3 is 2.36 bits per heavy atom. The number of rotatable bonds is 0. The van der Waals surface area contributed by atoms with Gasteiger partial charge in [0.15, 0.2) is 0 Å². The highest BCUT2D eigenvalue weighted by molar-refractivity contribution is 5.29.